The number of hydrogen-bond donors (Lipinski definition) is 0. The van der Waals surface area contributed by atoms with Crippen LogP contribution in [0.1, 0.15) is 0 Å². The molecule has 0 amide bonds. The highest BCUT2D eigenvalue weighted by Gasteiger charge is 2.21. The average molecular weight is 687 g/mol. The van der Waals surface area contributed by atoms with E-state index in [9.17, 15) is 0 Å². The van der Waals surface area contributed by atoms with Crippen molar-refractivity contribution in [1.82, 2.24) is 9.13 Å². The Hall–Kier alpha value is -7.16. The fourth-order valence-electron chi connectivity index (χ4n) is 8.56. The van der Waals surface area contributed by atoms with E-state index in [0.717, 1.165) is 11.4 Å². The van der Waals surface area contributed by atoms with E-state index in [-0.39, 0.29) is 0 Å². The van der Waals surface area contributed by atoms with Gasteiger partial charge in [0.15, 0.2) is 0 Å². The van der Waals surface area contributed by atoms with Crippen molar-refractivity contribution in [2.24, 2.45) is 0 Å². The number of benzene rings is 9. The van der Waals surface area contributed by atoms with Crippen LogP contribution in [-0.2, 0) is 0 Å². The Bertz CT molecular complexity index is 3180. The van der Waals surface area contributed by atoms with Gasteiger partial charge in [0.05, 0.1) is 22.1 Å². The van der Waals surface area contributed by atoms with Crippen molar-refractivity contribution in [3.05, 3.63) is 206 Å². The maximum Gasteiger partial charge on any atom is 0.0548 e. The first-order valence-corrected chi connectivity index (χ1v) is 18.6. The molecule has 2 aromatic heterocycles. The molecule has 0 aliphatic rings. The van der Waals surface area contributed by atoms with Crippen LogP contribution in [-0.4, -0.2) is 9.13 Å². The van der Waals surface area contributed by atoms with Gasteiger partial charge in [-0.2, -0.15) is 0 Å². The van der Waals surface area contributed by atoms with E-state index < -0.39 is 0 Å². The zero-order chi connectivity index (χ0) is 35.6. The van der Waals surface area contributed by atoms with Crippen molar-refractivity contribution in [2.45, 2.75) is 0 Å². The van der Waals surface area contributed by atoms with Gasteiger partial charge in [-0.3, -0.25) is 0 Å². The van der Waals surface area contributed by atoms with E-state index in [1.807, 2.05) is 0 Å². The molecule has 0 unspecified atom stereocenters. The Labute approximate surface area is 313 Å². The van der Waals surface area contributed by atoms with E-state index in [1.165, 1.54) is 87.8 Å². The number of nitrogens with zero attached hydrogens (tertiary/aromatic N) is 2. The van der Waals surface area contributed by atoms with Gasteiger partial charge in [-0.15, -0.1) is 0 Å². The van der Waals surface area contributed by atoms with Crippen LogP contribution in [0.4, 0.5) is 0 Å². The number of para-hydroxylation sites is 1. The lowest BCUT2D eigenvalue weighted by atomic mass is 10.0. The van der Waals surface area contributed by atoms with Crippen LogP contribution in [0.3, 0.4) is 0 Å². The van der Waals surface area contributed by atoms with Gasteiger partial charge < -0.3 is 9.13 Å². The van der Waals surface area contributed by atoms with Gasteiger partial charge >= 0.3 is 0 Å². The summed E-state index contributed by atoms with van der Waals surface area (Å²) >= 11 is 0. The molecule has 2 heteroatoms. The molecule has 0 saturated heterocycles. The van der Waals surface area contributed by atoms with Crippen LogP contribution < -0.4 is 0 Å². The Balaban J connectivity index is 1.18. The highest BCUT2D eigenvalue weighted by molar-refractivity contribution is 6.29. The minimum atomic E-state index is 1.15. The van der Waals surface area contributed by atoms with Crippen LogP contribution >= 0.6 is 0 Å². The average Bonchev–Trinajstić information content (AvgIpc) is 3.77. The summed E-state index contributed by atoms with van der Waals surface area (Å²) in [5.74, 6) is 0. The summed E-state index contributed by atoms with van der Waals surface area (Å²) in [6.45, 7) is 0. The lowest BCUT2D eigenvalue weighted by Crippen LogP contribution is -1.95. The number of fused-ring (bicyclic) bond motifs is 8. The fraction of sp³-hybridized carbons (Fsp3) is 0. The third kappa shape index (κ3) is 4.81. The van der Waals surface area contributed by atoms with E-state index in [1.54, 1.807) is 0 Å². The first-order chi connectivity index (χ1) is 26.8. The zero-order valence-corrected chi connectivity index (χ0v) is 29.5. The summed E-state index contributed by atoms with van der Waals surface area (Å²) in [4.78, 5) is 0. The summed E-state index contributed by atoms with van der Waals surface area (Å²) in [5.41, 5.74) is 14.4. The molecule has 0 aliphatic heterocycles. The highest BCUT2D eigenvalue weighted by Crippen LogP contribution is 2.44. The standard InChI is InChI=1S/C52H34N2/c1-3-12-35(13-4-1)38-24-27-43(28-25-38)53-47-21-10-9-20-45(47)51-49(53)30-31-50-52(51)46-34-42(36-14-5-2-6-15-36)26-29-48(46)54(50)44-19-11-18-40(33-44)41-23-22-37-16-7-8-17-39(37)32-41/h1-34H. The van der Waals surface area contributed by atoms with E-state index in [2.05, 4.69) is 215 Å². The minimum Gasteiger partial charge on any atom is -0.309 e. The summed E-state index contributed by atoms with van der Waals surface area (Å²) in [5, 5.41) is 7.54. The third-order valence-corrected chi connectivity index (χ3v) is 11.1. The second-order valence-electron chi connectivity index (χ2n) is 14.2. The normalized spacial score (nSPS) is 11.7. The maximum atomic E-state index is 2.46. The highest BCUT2D eigenvalue weighted by atomic mass is 15.0. The van der Waals surface area contributed by atoms with E-state index >= 15 is 0 Å². The Morgan fingerprint density at radius 1 is 0.241 bits per heavy atom. The van der Waals surface area contributed by atoms with Gasteiger partial charge in [0.1, 0.15) is 0 Å². The molecule has 11 aromatic rings. The lowest BCUT2D eigenvalue weighted by Gasteiger charge is -2.12. The molecule has 9 aromatic carbocycles. The van der Waals surface area contributed by atoms with Gasteiger partial charge in [-0.1, -0.05) is 146 Å². The van der Waals surface area contributed by atoms with Crippen molar-refractivity contribution in [1.29, 1.82) is 0 Å². The molecule has 2 heterocycles. The van der Waals surface area contributed by atoms with Crippen molar-refractivity contribution in [3.63, 3.8) is 0 Å². The molecule has 0 spiro atoms. The van der Waals surface area contributed by atoms with Crippen molar-refractivity contribution < 1.29 is 0 Å². The third-order valence-electron chi connectivity index (χ3n) is 11.1. The second kappa shape index (κ2) is 12.2. The molecule has 0 radical (unpaired) electrons. The molecule has 0 atom stereocenters. The number of aromatic nitrogens is 2. The number of rotatable bonds is 5. The first-order valence-electron chi connectivity index (χ1n) is 18.6. The van der Waals surface area contributed by atoms with Crippen LogP contribution in [0, 0.1) is 0 Å². The predicted octanol–water partition coefficient (Wildman–Crippen LogP) is 14.0. The fourth-order valence-corrected chi connectivity index (χ4v) is 8.56. The summed E-state index contributed by atoms with van der Waals surface area (Å²) < 4.78 is 4.90. The lowest BCUT2D eigenvalue weighted by molar-refractivity contribution is 1.17. The van der Waals surface area contributed by atoms with Gasteiger partial charge in [0.2, 0.25) is 0 Å². The molecule has 0 aliphatic carbocycles. The largest absolute Gasteiger partial charge is 0.309 e. The van der Waals surface area contributed by atoms with Gasteiger partial charge in [-0.05, 0) is 105 Å². The summed E-state index contributed by atoms with van der Waals surface area (Å²) in [6.07, 6.45) is 0. The topological polar surface area (TPSA) is 9.86 Å². The first kappa shape index (κ1) is 30.5. The van der Waals surface area contributed by atoms with Crippen molar-refractivity contribution >= 4 is 54.4 Å². The SMILES string of the molecule is c1ccc(-c2ccc(-n3c4ccccc4c4c5c6cc(-c7ccccc7)ccc6n(-c6cccc(-c7ccc8ccccc8c7)c6)c5ccc43)cc2)cc1. The molecular formula is C52H34N2. The molecule has 0 N–H and O–H groups in total. The monoisotopic (exact) mass is 686 g/mol. The quantitative estimate of drug-likeness (QED) is 0.171. The number of hydrogen-bond acceptors (Lipinski definition) is 0. The molecule has 54 heavy (non-hydrogen) atoms. The Kier molecular flexibility index (Phi) is 6.90. The van der Waals surface area contributed by atoms with Gasteiger partial charge in [0.25, 0.3) is 0 Å². The van der Waals surface area contributed by atoms with Gasteiger partial charge in [-0.25, -0.2) is 0 Å². The molecule has 0 fully saturated rings. The summed E-state index contributed by atoms with van der Waals surface area (Å²) in [6, 6.07) is 75.2. The second-order valence-corrected chi connectivity index (χ2v) is 14.2. The Morgan fingerprint density at radius 3 is 1.52 bits per heavy atom. The van der Waals surface area contributed by atoms with Crippen molar-refractivity contribution in [2.75, 3.05) is 0 Å². The van der Waals surface area contributed by atoms with Gasteiger partial charge in [0, 0.05) is 32.9 Å². The predicted molar refractivity (Wildman–Crippen MR) is 229 cm³/mol. The maximum absolute atomic E-state index is 2.46. The molecule has 2 nitrogen and oxygen atoms in total. The Morgan fingerprint density at radius 2 is 0.741 bits per heavy atom. The smallest absolute Gasteiger partial charge is 0.0548 e. The van der Waals surface area contributed by atoms with Crippen LogP contribution in [0.25, 0.3) is 99.1 Å². The molecule has 0 bridgehead atoms. The van der Waals surface area contributed by atoms with E-state index in [4.69, 9.17) is 0 Å². The summed E-state index contributed by atoms with van der Waals surface area (Å²) in [7, 11) is 0. The van der Waals surface area contributed by atoms with Crippen LogP contribution in [0.2, 0.25) is 0 Å². The molecule has 11 rings (SSSR count). The molecule has 252 valence electrons. The zero-order valence-electron chi connectivity index (χ0n) is 29.5. The van der Waals surface area contributed by atoms with Crippen LogP contribution in [0.5, 0.6) is 0 Å². The van der Waals surface area contributed by atoms with Crippen LogP contribution in [0.15, 0.2) is 206 Å². The molecule has 0 saturated carbocycles. The minimum absolute atomic E-state index is 1.15. The molecular weight excluding hydrogens is 653 g/mol. The van der Waals surface area contributed by atoms with Crippen molar-refractivity contribution in [3.8, 4) is 44.8 Å². The van der Waals surface area contributed by atoms with E-state index in [0.29, 0.717) is 0 Å².